The minimum atomic E-state index is -0.252. The van der Waals surface area contributed by atoms with Crippen molar-refractivity contribution < 1.29 is 9.13 Å². The lowest BCUT2D eigenvalue weighted by Gasteiger charge is -2.20. The average molecular weight is 305 g/mol. The van der Waals surface area contributed by atoms with E-state index in [1.54, 1.807) is 13.2 Å². The predicted octanol–water partition coefficient (Wildman–Crippen LogP) is 2.39. The van der Waals surface area contributed by atoms with Gasteiger partial charge in [-0.15, -0.1) is 0 Å². The molecule has 3 N–H and O–H groups in total. The van der Waals surface area contributed by atoms with Gasteiger partial charge in [-0.3, -0.25) is 11.3 Å². The highest BCUT2D eigenvalue weighted by Crippen LogP contribution is 2.22. The van der Waals surface area contributed by atoms with E-state index in [9.17, 15) is 4.39 Å². The van der Waals surface area contributed by atoms with E-state index >= 15 is 0 Å². The molecule has 1 rings (SSSR count). The maximum Gasteiger partial charge on any atom is 0.137 e. The molecule has 0 aromatic heterocycles. The van der Waals surface area contributed by atoms with Crippen LogP contribution in [0.2, 0.25) is 0 Å². The molecule has 0 spiro atoms. The van der Waals surface area contributed by atoms with Gasteiger partial charge in [0.25, 0.3) is 0 Å². The van der Waals surface area contributed by atoms with Crippen LogP contribution >= 0.6 is 15.9 Å². The van der Waals surface area contributed by atoms with Gasteiger partial charge in [0.2, 0.25) is 0 Å². The molecule has 0 aliphatic carbocycles. The summed E-state index contributed by atoms with van der Waals surface area (Å²) in [5.74, 6) is 5.25. The first-order chi connectivity index (χ1) is 8.08. The third-order valence-corrected chi connectivity index (χ3v) is 3.64. The van der Waals surface area contributed by atoms with Crippen LogP contribution < -0.4 is 11.3 Å². The number of methoxy groups -OCH3 is 1. The summed E-state index contributed by atoms with van der Waals surface area (Å²) >= 11 is 3.25. The molecular formula is C12H18BrFN2O. The third kappa shape index (κ3) is 4.35. The van der Waals surface area contributed by atoms with Crippen molar-refractivity contribution in [2.24, 2.45) is 5.84 Å². The van der Waals surface area contributed by atoms with E-state index in [1.165, 1.54) is 6.07 Å². The van der Waals surface area contributed by atoms with Crippen LogP contribution in [-0.2, 0) is 11.2 Å². The molecule has 1 aromatic carbocycles. The van der Waals surface area contributed by atoms with Gasteiger partial charge in [-0.25, -0.2) is 4.39 Å². The minimum absolute atomic E-state index is 0.0584. The molecule has 2 atom stereocenters. The van der Waals surface area contributed by atoms with Crippen molar-refractivity contribution in [3.63, 3.8) is 0 Å². The summed E-state index contributed by atoms with van der Waals surface area (Å²) in [6, 6.07) is 5.07. The van der Waals surface area contributed by atoms with Gasteiger partial charge in [-0.05, 0) is 47.3 Å². The van der Waals surface area contributed by atoms with E-state index in [1.807, 2.05) is 13.0 Å². The van der Waals surface area contributed by atoms with Gasteiger partial charge in [0.05, 0.1) is 10.6 Å². The molecule has 0 fully saturated rings. The number of nitrogens with two attached hydrogens (primary N) is 1. The summed E-state index contributed by atoms with van der Waals surface area (Å²) < 4.78 is 19.0. The lowest BCUT2D eigenvalue weighted by atomic mass is 10.0. The Balaban J connectivity index is 2.70. The van der Waals surface area contributed by atoms with E-state index in [4.69, 9.17) is 10.6 Å². The summed E-state index contributed by atoms with van der Waals surface area (Å²) in [6.45, 7) is 1.98. The second kappa shape index (κ2) is 7.06. The quantitative estimate of drug-likeness (QED) is 0.627. The Hall–Kier alpha value is -0.490. The van der Waals surface area contributed by atoms with Crippen LogP contribution in [-0.4, -0.2) is 19.3 Å². The number of benzene rings is 1. The van der Waals surface area contributed by atoms with Crippen LogP contribution in [0.25, 0.3) is 0 Å². The highest BCUT2D eigenvalue weighted by atomic mass is 79.9. The molecule has 17 heavy (non-hydrogen) atoms. The lowest BCUT2D eigenvalue weighted by molar-refractivity contribution is 0.100. The van der Waals surface area contributed by atoms with Crippen LogP contribution in [0.15, 0.2) is 22.7 Å². The van der Waals surface area contributed by atoms with Crippen molar-refractivity contribution in [3.05, 3.63) is 34.1 Å². The van der Waals surface area contributed by atoms with Gasteiger partial charge in [0, 0.05) is 13.2 Å². The Labute approximate surface area is 110 Å². The monoisotopic (exact) mass is 304 g/mol. The highest BCUT2D eigenvalue weighted by Gasteiger charge is 2.14. The molecule has 0 saturated heterocycles. The molecule has 0 aliphatic heterocycles. The van der Waals surface area contributed by atoms with E-state index < -0.39 is 0 Å². The zero-order valence-corrected chi connectivity index (χ0v) is 11.6. The summed E-state index contributed by atoms with van der Waals surface area (Å²) in [5, 5.41) is 0. The van der Waals surface area contributed by atoms with Gasteiger partial charge < -0.3 is 4.74 Å². The average Bonchev–Trinajstić information content (AvgIpc) is 2.33. The number of hydrogen-bond acceptors (Lipinski definition) is 3. The molecule has 0 saturated carbocycles. The smallest absolute Gasteiger partial charge is 0.137 e. The number of nitrogens with one attached hydrogen (secondary N) is 1. The van der Waals surface area contributed by atoms with Gasteiger partial charge in [0.15, 0.2) is 0 Å². The first-order valence-electron chi connectivity index (χ1n) is 5.50. The fourth-order valence-corrected chi connectivity index (χ4v) is 2.10. The molecular weight excluding hydrogens is 287 g/mol. The number of rotatable bonds is 6. The maximum atomic E-state index is 13.3. The van der Waals surface area contributed by atoms with Crippen LogP contribution in [0.5, 0.6) is 0 Å². The van der Waals surface area contributed by atoms with Crippen LogP contribution in [0.4, 0.5) is 4.39 Å². The van der Waals surface area contributed by atoms with Crippen LogP contribution in [0.3, 0.4) is 0 Å². The van der Waals surface area contributed by atoms with Crippen molar-refractivity contribution >= 4 is 15.9 Å². The number of halogens is 2. The number of ether oxygens (including phenoxy) is 1. The number of hydrazine groups is 1. The van der Waals surface area contributed by atoms with E-state index in [-0.39, 0.29) is 18.0 Å². The fourth-order valence-electron chi connectivity index (χ4n) is 1.68. The second-order valence-corrected chi connectivity index (χ2v) is 4.86. The largest absolute Gasteiger partial charge is 0.382 e. The SMILES string of the molecule is COC(C)CC(Cc1cccc(F)c1Br)NN. The zero-order valence-electron chi connectivity index (χ0n) is 10.0. The van der Waals surface area contributed by atoms with Crippen molar-refractivity contribution in [3.8, 4) is 0 Å². The number of hydrogen-bond donors (Lipinski definition) is 2. The van der Waals surface area contributed by atoms with E-state index in [0.717, 1.165) is 12.0 Å². The van der Waals surface area contributed by atoms with Gasteiger partial charge in [-0.2, -0.15) is 0 Å². The summed E-state index contributed by atoms with van der Waals surface area (Å²) in [6.07, 6.45) is 1.54. The van der Waals surface area contributed by atoms with Crippen molar-refractivity contribution in [1.29, 1.82) is 0 Å². The summed E-state index contributed by atoms with van der Waals surface area (Å²) in [7, 11) is 1.66. The summed E-state index contributed by atoms with van der Waals surface area (Å²) in [5.41, 5.74) is 3.64. The molecule has 0 amide bonds. The van der Waals surface area contributed by atoms with Crippen molar-refractivity contribution in [2.75, 3.05) is 7.11 Å². The Morgan fingerprint density at radius 3 is 2.82 bits per heavy atom. The second-order valence-electron chi connectivity index (χ2n) is 4.06. The first kappa shape index (κ1) is 14.6. The predicted molar refractivity (Wildman–Crippen MR) is 70.0 cm³/mol. The normalized spacial score (nSPS) is 14.6. The zero-order chi connectivity index (χ0) is 12.8. The van der Waals surface area contributed by atoms with Crippen LogP contribution in [0.1, 0.15) is 18.9 Å². The standard InChI is InChI=1S/C12H18BrFN2O/c1-8(17-2)6-10(16-15)7-9-4-3-5-11(14)12(9)13/h3-5,8,10,16H,6-7,15H2,1-2H3. The maximum absolute atomic E-state index is 13.3. The Morgan fingerprint density at radius 2 is 2.24 bits per heavy atom. The molecule has 0 aliphatic rings. The molecule has 0 radical (unpaired) electrons. The molecule has 5 heteroatoms. The summed E-state index contributed by atoms with van der Waals surface area (Å²) in [4.78, 5) is 0. The van der Waals surface area contributed by atoms with Gasteiger partial charge in [0.1, 0.15) is 5.82 Å². The molecule has 1 aromatic rings. The van der Waals surface area contributed by atoms with E-state index in [2.05, 4.69) is 21.4 Å². The van der Waals surface area contributed by atoms with Crippen molar-refractivity contribution in [1.82, 2.24) is 5.43 Å². The van der Waals surface area contributed by atoms with E-state index in [0.29, 0.717) is 10.9 Å². The van der Waals surface area contributed by atoms with Gasteiger partial charge in [-0.1, -0.05) is 12.1 Å². The molecule has 0 heterocycles. The van der Waals surface area contributed by atoms with Gasteiger partial charge >= 0.3 is 0 Å². The fraction of sp³-hybridized carbons (Fsp3) is 0.500. The van der Waals surface area contributed by atoms with Crippen LogP contribution in [0, 0.1) is 5.82 Å². The highest BCUT2D eigenvalue weighted by molar-refractivity contribution is 9.10. The van der Waals surface area contributed by atoms with Crippen molar-refractivity contribution in [2.45, 2.75) is 31.9 Å². The first-order valence-corrected chi connectivity index (χ1v) is 6.29. The lowest BCUT2D eigenvalue weighted by Crippen LogP contribution is -2.39. The molecule has 0 bridgehead atoms. The molecule has 2 unspecified atom stereocenters. The Morgan fingerprint density at radius 1 is 1.53 bits per heavy atom. The molecule has 96 valence electrons. The third-order valence-electron chi connectivity index (χ3n) is 2.75. The topological polar surface area (TPSA) is 47.3 Å². The minimum Gasteiger partial charge on any atom is -0.382 e. The molecule has 3 nitrogen and oxygen atoms in total. The Bertz CT molecular complexity index is 362. The Kier molecular flexibility index (Phi) is 6.05.